The third kappa shape index (κ3) is 4.42. The smallest absolute Gasteiger partial charge is 0.276 e. The lowest BCUT2D eigenvalue weighted by Gasteiger charge is -2.14. The molecule has 0 aliphatic heterocycles. The standard InChI is InChI=1S/C20H23N3O2S2/c1-5-14(4)21-17(24)11-27-20-22-16-6-7-26-18(16)19(25)23(20)15-9-12(2)8-13(3)10-15/h6-10,14H,5,11H2,1-4H3,(H,21,24)/t14-/m1/s1. The van der Waals surface area contributed by atoms with Crippen LogP contribution in [0.2, 0.25) is 0 Å². The number of nitrogens with one attached hydrogen (secondary N) is 1. The normalized spacial score (nSPS) is 12.3. The molecule has 0 aliphatic carbocycles. The van der Waals surface area contributed by atoms with Crippen LogP contribution < -0.4 is 10.9 Å². The molecule has 2 aromatic heterocycles. The number of fused-ring (bicyclic) bond motifs is 1. The van der Waals surface area contributed by atoms with Gasteiger partial charge in [0.2, 0.25) is 5.91 Å². The van der Waals surface area contributed by atoms with Crippen molar-refractivity contribution in [1.29, 1.82) is 0 Å². The number of nitrogens with zero attached hydrogens (tertiary/aromatic N) is 2. The van der Waals surface area contributed by atoms with Crippen LogP contribution in [0.1, 0.15) is 31.4 Å². The van der Waals surface area contributed by atoms with Crippen molar-refractivity contribution >= 4 is 39.2 Å². The molecule has 0 radical (unpaired) electrons. The van der Waals surface area contributed by atoms with Crippen molar-refractivity contribution in [2.45, 2.75) is 45.3 Å². The van der Waals surface area contributed by atoms with E-state index in [1.165, 1.54) is 23.1 Å². The van der Waals surface area contributed by atoms with E-state index < -0.39 is 0 Å². The largest absolute Gasteiger partial charge is 0.353 e. The van der Waals surface area contributed by atoms with E-state index in [-0.39, 0.29) is 23.3 Å². The van der Waals surface area contributed by atoms with E-state index in [2.05, 4.69) is 16.4 Å². The van der Waals surface area contributed by atoms with E-state index >= 15 is 0 Å². The van der Waals surface area contributed by atoms with Gasteiger partial charge in [0.05, 0.1) is 17.0 Å². The zero-order valence-electron chi connectivity index (χ0n) is 15.9. The average molecular weight is 402 g/mol. The Balaban J connectivity index is 2.03. The number of aryl methyl sites for hydroxylation is 2. The van der Waals surface area contributed by atoms with Gasteiger partial charge in [-0.2, -0.15) is 0 Å². The molecule has 1 amide bonds. The number of thioether (sulfide) groups is 1. The Hall–Kier alpha value is -2.12. The van der Waals surface area contributed by atoms with Gasteiger partial charge in [-0.05, 0) is 61.9 Å². The molecule has 0 aliphatic rings. The van der Waals surface area contributed by atoms with E-state index in [0.29, 0.717) is 15.4 Å². The van der Waals surface area contributed by atoms with Crippen molar-refractivity contribution in [1.82, 2.24) is 14.9 Å². The Bertz CT molecular complexity index is 1020. The molecule has 7 heteroatoms. The predicted octanol–water partition coefficient (Wildman–Crippen LogP) is 4.07. The molecule has 1 atom stereocenters. The van der Waals surface area contributed by atoms with Crippen LogP contribution in [0.5, 0.6) is 0 Å². The molecular formula is C20H23N3O2S2. The lowest BCUT2D eigenvalue weighted by atomic mass is 10.1. The fraction of sp³-hybridized carbons (Fsp3) is 0.350. The van der Waals surface area contributed by atoms with E-state index in [9.17, 15) is 9.59 Å². The zero-order chi connectivity index (χ0) is 19.6. The van der Waals surface area contributed by atoms with Gasteiger partial charge in [0, 0.05) is 6.04 Å². The molecule has 1 N–H and O–H groups in total. The fourth-order valence-corrected chi connectivity index (χ4v) is 4.43. The number of amides is 1. The molecule has 2 heterocycles. The van der Waals surface area contributed by atoms with E-state index in [4.69, 9.17) is 0 Å². The highest BCUT2D eigenvalue weighted by Crippen LogP contribution is 2.24. The van der Waals surface area contributed by atoms with Crippen molar-refractivity contribution in [2.24, 2.45) is 0 Å². The van der Waals surface area contributed by atoms with Crippen LogP contribution in [0.25, 0.3) is 15.9 Å². The highest BCUT2D eigenvalue weighted by molar-refractivity contribution is 7.99. The minimum Gasteiger partial charge on any atom is -0.353 e. The summed E-state index contributed by atoms with van der Waals surface area (Å²) >= 11 is 2.68. The Morgan fingerprint density at radius 1 is 1.30 bits per heavy atom. The summed E-state index contributed by atoms with van der Waals surface area (Å²) in [6.45, 7) is 8.02. The first-order chi connectivity index (χ1) is 12.9. The summed E-state index contributed by atoms with van der Waals surface area (Å²) in [6, 6.07) is 7.98. The molecule has 27 heavy (non-hydrogen) atoms. The van der Waals surface area contributed by atoms with Gasteiger partial charge in [-0.15, -0.1) is 11.3 Å². The van der Waals surface area contributed by atoms with Crippen LogP contribution >= 0.6 is 23.1 Å². The van der Waals surface area contributed by atoms with Crippen molar-refractivity contribution in [2.75, 3.05) is 5.75 Å². The summed E-state index contributed by atoms with van der Waals surface area (Å²) in [6.07, 6.45) is 0.878. The fourth-order valence-electron chi connectivity index (χ4n) is 2.84. The first-order valence-corrected chi connectivity index (χ1v) is 10.8. The number of thiophene rings is 1. The summed E-state index contributed by atoms with van der Waals surface area (Å²) < 4.78 is 2.25. The minimum absolute atomic E-state index is 0.0546. The minimum atomic E-state index is -0.0927. The van der Waals surface area contributed by atoms with Crippen LogP contribution in [0.15, 0.2) is 39.6 Å². The van der Waals surface area contributed by atoms with Crippen LogP contribution in [-0.4, -0.2) is 27.3 Å². The van der Waals surface area contributed by atoms with Crippen molar-refractivity contribution in [3.8, 4) is 5.69 Å². The number of hydrogen-bond acceptors (Lipinski definition) is 5. The lowest BCUT2D eigenvalue weighted by Crippen LogP contribution is -2.33. The average Bonchev–Trinajstić information content (AvgIpc) is 3.07. The summed E-state index contributed by atoms with van der Waals surface area (Å²) in [5.74, 6) is 0.165. The van der Waals surface area contributed by atoms with Gasteiger partial charge < -0.3 is 5.32 Å². The topological polar surface area (TPSA) is 64.0 Å². The van der Waals surface area contributed by atoms with E-state index in [0.717, 1.165) is 23.2 Å². The van der Waals surface area contributed by atoms with E-state index in [1.54, 1.807) is 4.57 Å². The molecule has 5 nitrogen and oxygen atoms in total. The Morgan fingerprint density at radius 3 is 2.67 bits per heavy atom. The molecule has 0 fully saturated rings. The van der Waals surface area contributed by atoms with Gasteiger partial charge in [0.15, 0.2) is 5.16 Å². The molecule has 0 saturated carbocycles. The van der Waals surface area contributed by atoms with Crippen molar-refractivity contribution < 1.29 is 4.79 Å². The molecule has 1 aromatic carbocycles. The van der Waals surface area contributed by atoms with Crippen LogP contribution in [0.4, 0.5) is 0 Å². The predicted molar refractivity (Wildman–Crippen MR) is 113 cm³/mol. The second-order valence-electron chi connectivity index (χ2n) is 6.68. The summed E-state index contributed by atoms with van der Waals surface area (Å²) in [7, 11) is 0. The van der Waals surface area contributed by atoms with Gasteiger partial charge in [0.1, 0.15) is 4.70 Å². The molecule has 3 aromatic rings. The summed E-state index contributed by atoms with van der Waals surface area (Å²) in [5.41, 5.74) is 3.52. The summed E-state index contributed by atoms with van der Waals surface area (Å²) in [5, 5.41) is 5.36. The number of carbonyl (C=O) groups is 1. The van der Waals surface area contributed by atoms with Gasteiger partial charge in [0.25, 0.3) is 5.56 Å². The monoisotopic (exact) mass is 401 g/mol. The maximum absolute atomic E-state index is 13.1. The maximum atomic E-state index is 13.1. The van der Waals surface area contributed by atoms with Crippen molar-refractivity contribution in [3.63, 3.8) is 0 Å². The number of hydrogen-bond donors (Lipinski definition) is 1. The Morgan fingerprint density at radius 2 is 2.00 bits per heavy atom. The first-order valence-electron chi connectivity index (χ1n) is 8.90. The van der Waals surface area contributed by atoms with Crippen LogP contribution in [0, 0.1) is 13.8 Å². The molecular weight excluding hydrogens is 378 g/mol. The lowest BCUT2D eigenvalue weighted by molar-refractivity contribution is -0.119. The molecule has 0 saturated heterocycles. The number of benzene rings is 1. The van der Waals surface area contributed by atoms with Crippen molar-refractivity contribution in [3.05, 3.63) is 51.1 Å². The van der Waals surface area contributed by atoms with Gasteiger partial charge in [-0.3, -0.25) is 14.2 Å². The molecule has 142 valence electrons. The third-order valence-electron chi connectivity index (χ3n) is 4.27. The number of aromatic nitrogens is 2. The SMILES string of the molecule is CC[C@@H](C)NC(=O)CSc1nc2ccsc2c(=O)n1-c1cc(C)cc(C)c1. The molecule has 0 bridgehead atoms. The first kappa shape index (κ1) is 19.6. The van der Waals surface area contributed by atoms with Crippen LogP contribution in [-0.2, 0) is 4.79 Å². The Labute approximate surface area is 166 Å². The highest BCUT2D eigenvalue weighted by atomic mass is 32.2. The summed E-state index contributed by atoms with van der Waals surface area (Å²) in [4.78, 5) is 30.0. The van der Waals surface area contributed by atoms with Gasteiger partial charge >= 0.3 is 0 Å². The maximum Gasteiger partial charge on any atom is 0.276 e. The number of rotatable bonds is 6. The van der Waals surface area contributed by atoms with Crippen LogP contribution in [0.3, 0.4) is 0 Å². The Kier molecular flexibility index (Phi) is 6.01. The quantitative estimate of drug-likeness (QED) is 0.499. The second-order valence-corrected chi connectivity index (χ2v) is 8.54. The second kappa shape index (κ2) is 8.27. The van der Waals surface area contributed by atoms with Gasteiger partial charge in [-0.25, -0.2) is 4.98 Å². The molecule has 0 unspecified atom stereocenters. The number of carbonyl (C=O) groups excluding carboxylic acids is 1. The van der Waals surface area contributed by atoms with Gasteiger partial charge in [-0.1, -0.05) is 24.8 Å². The third-order valence-corrected chi connectivity index (χ3v) is 6.10. The molecule has 3 rings (SSSR count). The highest BCUT2D eigenvalue weighted by Gasteiger charge is 2.16. The van der Waals surface area contributed by atoms with E-state index in [1.807, 2.05) is 51.3 Å². The zero-order valence-corrected chi connectivity index (χ0v) is 17.5. The molecule has 0 spiro atoms.